The van der Waals surface area contributed by atoms with Crippen molar-refractivity contribution in [2.24, 2.45) is 5.10 Å². The van der Waals surface area contributed by atoms with E-state index in [1.807, 2.05) is 30.5 Å². The molecule has 2 saturated heterocycles. The Morgan fingerprint density at radius 2 is 2.03 bits per heavy atom. The highest BCUT2D eigenvalue weighted by Crippen LogP contribution is 2.24. The monoisotopic (exact) mass is 505 g/mol. The molecule has 0 amide bonds. The molecular weight excluding hydrogens is 474 g/mol. The molecule has 3 heterocycles. The number of rotatable bonds is 7. The van der Waals surface area contributed by atoms with Crippen LogP contribution in [0.25, 0.3) is 5.69 Å². The van der Waals surface area contributed by atoms with Crippen LogP contribution in [0.3, 0.4) is 0 Å². The summed E-state index contributed by atoms with van der Waals surface area (Å²) in [5.74, 6) is 0. The van der Waals surface area contributed by atoms with Gasteiger partial charge in [0.1, 0.15) is 0 Å². The van der Waals surface area contributed by atoms with Gasteiger partial charge >= 0.3 is 0 Å². The van der Waals surface area contributed by atoms with Crippen molar-refractivity contribution in [2.45, 2.75) is 37.7 Å². The molecular formula is C23H31N5O4S2. The molecule has 34 heavy (non-hydrogen) atoms. The Balaban J connectivity index is 1.46. The first kappa shape index (κ1) is 24.8. The van der Waals surface area contributed by atoms with Gasteiger partial charge in [-0.1, -0.05) is 6.07 Å². The van der Waals surface area contributed by atoms with Crippen LogP contribution in [0.15, 0.2) is 40.3 Å². The van der Waals surface area contributed by atoms with Gasteiger partial charge in [-0.05, 0) is 63.2 Å². The number of thiocarbonyl (C=S) groups is 1. The molecule has 2 N–H and O–H groups in total. The third kappa shape index (κ3) is 5.66. The number of sulfonamides is 1. The Labute approximate surface area is 206 Å². The SMILES string of the molecule is Cc1cc(/C=N/NC(=S)NCC2CCCO2)c(C)n1-c1cccc(S(=O)(=O)N2CCOCC2)c1. The van der Waals surface area contributed by atoms with Crippen molar-refractivity contribution >= 4 is 33.6 Å². The third-order valence-electron chi connectivity index (χ3n) is 6.04. The fraction of sp³-hybridized carbons (Fsp3) is 0.478. The molecule has 1 unspecified atom stereocenters. The maximum atomic E-state index is 13.1. The van der Waals surface area contributed by atoms with Crippen molar-refractivity contribution in [2.75, 3.05) is 39.5 Å². The first-order chi connectivity index (χ1) is 16.4. The van der Waals surface area contributed by atoms with Crippen molar-refractivity contribution < 1.29 is 17.9 Å². The average Bonchev–Trinajstić information content (AvgIpc) is 3.46. The van der Waals surface area contributed by atoms with Gasteiger partial charge in [-0.3, -0.25) is 5.43 Å². The number of aryl methyl sites for hydroxylation is 1. The van der Waals surface area contributed by atoms with Gasteiger partial charge < -0.3 is 19.4 Å². The average molecular weight is 506 g/mol. The maximum Gasteiger partial charge on any atom is 0.243 e. The van der Waals surface area contributed by atoms with Crippen LogP contribution >= 0.6 is 12.2 Å². The normalized spacial score (nSPS) is 19.5. The van der Waals surface area contributed by atoms with E-state index in [1.165, 1.54) is 4.31 Å². The number of aromatic nitrogens is 1. The van der Waals surface area contributed by atoms with Gasteiger partial charge in [0.05, 0.1) is 30.4 Å². The van der Waals surface area contributed by atoms with Crippen molar-refractivity contribution in [1.29, 1.82) is 0 Å². The Bertz CT molecular complexity index is 1150. The summed E-state index contributed by atoms with van der Waals surface area (Å²) in [4.78, 5) is 0.277. The summed E-state index contributed by atoms with van der Waals surface area (Å²) in [5.41, 5.74) is 6.46. The summed E-state index contributed by atoms with van der Waals surface area (Å²) in [6.07, 6.45) is 4.04. The first-order valence-electron chi connectivity index (χ1n) is 11.4. The molecule has 2 fully saturated rings. The van der Waals surface area contributed by atoms with Crippen LogP contribution in [0.4, 0.5) is 0 Å². The summed E-state index contributed by atoms with van der Waals surface area (Å²) in [5, 5.41) is 7.84. The number of morpholine rings is 1. The van der Waals surface area contributed by atoms with Gasteiger partial charge in [0.2, 0.25) is 10.0 Å². The summed E-state index contributed by atoms with van der Waals surface area (Å²) in [6.45, 7) is 7.00. The highest BCUT2D eigenvalue weighted by molar-refractivity contribution is 7.89. The molecule has 2 aromatic rings. The predicted molar refractivity (Wildman–Crippen MR) is 135 cm³/mol. The quantitative estimate of drug-likeness (QED) is 0.338. The Hall–Kier alpha value is -2.31. The zero-order valence-electron chi connectivity index (χ0n) is 19.5. The minimum atomic E-state index is -3.57. The van der Waals surface area contributed by atoms with E-state index >= 15 is 0 Å². The molecule has 0 spiro atoms. The molecule has 1 atom stereocenters. The number of benzene rings is 1. The van der Waals surface area contributed by atoms with Crippen LogP contribution in [0.2, 0.25) is 0 Å². The first-order valence-corrected chi connectivity index (χ1v) is 13.3. The molecule has 1 aromatic heterocycles. The molecule has 184 valence electrons. The fourth-order valence-corrected chi connectivity index (χ4v) is 5.83. The van der Waals surface area contributed by atoms with Gasteiger partial charge in [-0.15, -0.1) is 0 Å². The lowest BCUT2D eigenvalue weighted by molar-refractivity contribution is 0.0730. The van der Waals surface area contributed by atoms with Crippen molar-refractivity contribution in [3.05, 3.63) is 47.3 Å². The number of nitrogens with zero attached hydrogens (tertiary/aromatic N) is 3. The van der Waals surface area contributed by atoms with E-state index in [2.05, 4.69) is 15.8 Å². The second-order valence-electron chi connectivity index (χ2n) is 8.39. The summed E-state index contributed by atoms with van der Waals surface area (Å²) < 4.78 is 40.6. The van der Waals surface area contributed by atoms with Gasteiger partial charge in [0, 0.05) is 48.9 Å². The summed E-state index contributed by atoms with van der Waals surface area (Å²) in [6, 6.07) is 9.04. The zero-order valence-corrected chi connectivity index (χ0v) is 21.1. The van der Waals surface area contributed by atoms with Crippen LogP contribution in [-0.2, 0) is 19.5 Å². The summed E-state index contributed by atoms with van der Waals surface area (Å²) >= 11 is 5.28. The largest absolute Gasteiger partial charge is 0.379 e. The molecule has 0 saturated carbocycles. The topological polar surface area (TPSA) is 97.2 Å². The predicted octanol–water partition coefficient (Wildman–Crippen LogP) is 2.09. The van der Waals surface area contributed by atoms with Gasteiger partial charge in [-0.25, -0.2) is 8.42 Å². The lowest BCUT2D eigenvalue weighted by atomic mass is 10.2. The van der Waals surface area contributed by atoms with Crippen LogP contribution < -0.4 is 10.7 Å². The minimum Gasteiger partial charge on any atom is -0.379 e. The maximum absolute atomic E-state index is 13.1. The number of hydrogen-bond donors (Lipinski definition) is 2. The summed E-state index contributed by atoms with van der Waals surface area (Å²) in [7, 11) is -3.57. The molecule has 4 rings (SSSR count). The highest BCUT2D eigenvalue weighted by Gasteiger charge is 2.26. The molecule has 1 aromatic carbocycles. The number of ether oxygens (including phenoxy) is 2. The molecule has 0 radical (unpaired) electrons. The second kappa shape index (κ2) is 11.0. The lowest BCUT2D eigenvalue weighted by Gasteiger charge is -2.26. The van der Waals surface area contributed by atoms with Crippen LogP contribution in [0.5, 0.6) is 0 Å². The Kier molecular flexibility index (Phi) is 7.99. The number of nitrogens with one attached hydrogen (secondary N) is 2. The fourth-order valence-electron chi connectivity index (χ4n) is 4.25. The lowest BCUT2D eigenvalue weighted by Crippen LogP contribution is -2.40. The van der Waals surface area contributed by atoms with E-state index in [-0.39, 0.29) is 11.0 Å². The van der Waals surface area contributed by atoms with Crippen LogP contribution in [0.1, 0.15) is 29.8 Å². The molecule has 11 heteroatoms. The van der Waals surface area contributed by atoms with Crippen molar-refractivity contribution in [1.82, 2.24) is 19.6 Å². The molecule has 2 aliphatic rings. The van der Waals surface area contributed by atoms with E-state index in [9.17, 15) is 8.42 Å². The van der Waals surface area contributed by atoms with E-state index in [1.54, 1.807) is 24.4 Å². The Morgan fingerprint density at radius 3 is 2.76 bits per heavy atom. The molecule has 9 nitrogen and oxygen atoms in total. The van der Waals surface area contributed by atoms with E-state index in [0.29, 0.717) is 38.0 Å². The van der Waals surface area contributed by atoms with Gasteiger partial charge in [0.25, 0.3) is 0 Å². The smallest absolute Gasteiger partial charge is 0.243 e. The molecule has 0 bridgehead atoms. The van der Waals surface area contributed by atoms with Crippen LogP contribution in [-0.4, -0.2) is 74.2 Å². The third-order valence-corrected chi connectivity index (χ3v) is 8.17. The van der Waals surface area contributed by atoms with Crippen LogP contribution in [0, 0.1) is 13.8 Å². The molecule has 0 aliphatic carbocycles. The van der Waals surface area contributed by atoms with E-state index < -0.39 is 10.0 Å². The second-order valence-corrected chi connectivity index (χ2v) is 10.7. The number of hydrogen-bond acceptors (Lipinski definition) is 6. The van der Waals surface area contributed by atoms with Crippen molar-refractivity contribution in [3.8, 4) is 5.69 Å². The van der Waals surface area contributed by atoms with Crippen molar-refractivity contribution in [3.63, 3.8) is 0 Å². The highest BCUT2D eigenvalue weighted by atomic mass is 32.2. The van der Waals surface area contributed by atoms with E-state index in [4.69, 9.17) is 21.7 Å². The number of hydrazone groups is 1. The molecule has 2 aliphatic heterocycles. The zero-order chi connectivity index (χ0) is 24.1. The Morgan fingerprint density at radius 1 is 1.24 bits per heavy atom. The standard InChI is InChI=1S/C23H31N5O4S2/c1-17-13-19(15-25-26-23(33)24-16-21-6-4-10-32-21)18(2)28(17)20-5-3-7-22(14-20)34(29,30)27-8-11-31-12-9-27/h3,5,7,13-15,21H,4,6,8-12,16H2,1-2H3,(H2,24,26,33)/b25-15+. The van der Waals surface area contributed by atoms with Gasteiger partial charge in [0.15, 0.2) is 5.11 Å². The minimum absolute atomic E-state index is 0.200. The van der Waals surface area contributed by atoms with Gasteiger partial charge in [-0.2, -0.15) is 9.41 Å². The van der Waals surface area contributed by atoms with E-state index in [0.717, 1.165) is 42.1 Å².